The molecule has 7 nitrogen and oxygen atoms in total. The molecule has 1 saturated heterocycles. The summed E-state index contributed by atoms with van der Waals surface area (Å²) in [6, 6.07) is 7.66. The van der Waals surface area contributed by atoms with Crippen LogP contribution >= 0.6 is 0 Å². The number of H-pyrrole nitrogens is 1. The first-order valence-electron chi connectivity index (χ1n) is 8.19. The van der Waals surface area contributed by atoms with Gasteiger partial charge in [0, 0.05) is 22.6 Å². The Balaban J connectivity index is 1.53. The summed E-state index contributed by atoms with van der Waals surface area (Å²) < 4.78 is 28.3. The van der Waals surface area contributed by atoms with Crippen molar-refractivity contribution in [3.63, 3.8) is 0 Å². The molecule has 0 bridgehead atoms. The van der Waals surface area contributed by atoms with E-state index in [2.05, 4.69) is 10.3 Å². The van der Waals surface area contributed by atoms with Crippen LogP contribution in [0.2, 0.25) is 0 Å². The highest BCUT2D eigenvalue weighted by molar-refractivity contribution is 7.91. The summed E-state index contributed by atoms with van der Waals surface area (Å²) >= 11 is 0. The number of likely N-dealkylation sites (N-methyl/N-ethyl adjacent to an activating group) is 1. The molecule has 1 aromatic heterocycles. The number of hydrogen-bond acceptors (Lipinski definition) is 5. The molecule has 2 heterocycles. The zero-order valence-corrected chi connectivity index (χ0v) is 15.2. The van der Waals surface area contributed by atoms with Crippen LogP contribution in [0.25, 0.3) is 10.9 Å². The quantitative estimate of drug-likeness (QED) is 0.794. The van der Waals surface area contributed by atoms with Crippen molar-refractivity contribution >= 4 is 26.6 Å². The van der Waals surface area contributed by atoms with E-state index in [9.17, 15) is 13.2 Å². The number of nitrogens with one attached hydrogen (secondary N) is 2. The van der Waals surface area contributed by atoms with Crippen LogP contribution in [0.3, 0.4) is 0 Å². The number of amides is 1. The van der Waals surface area contributed by atoms with Crippen molar-refractivity contribution in [1.29, 1.82) is 0 Å². The minimum absolute atomic E-state index is 0.0729. The van der Waals surface area contributed by atoms with Crippen molar-refractivity contribution in [1.82, 2.24) is 15.2 Å². The number of carbonyl (C=O) groups excluding carboxylic acids is 1. The van der Waals surface area contributed by atoms with E-state index < -0.39 is 9.84 Å². The summed E-state index contributed by atoms with van der Waals surface area (Å²) in [6.07, 6.45) is 0.593. The van der Waals surface area contributed by atoms with Crippen LogP contribution in [-0.4, -0.2) is 62.5 Å². The van der Waals surface area contributed by atoms with Crippen LogP contribution in [0.1, 0.15) is 12.1 Å². The van der Waals surface area contributed by atoms with E-state index in [1.807, 2.05) is 29.2 Å². The molecule has 2 aromatic rings. The van der Waals surface area contributed by atoms with Gasteiger partial charge in [-0.3, -0.25) is 9.69 Å². The van der Waals surface area contributed by atoms with Gasteiger partial charge in [-0.25, -0.2) is 8.42 Å². The van der Waals surface area contributed by atoms with Crippen molar-refractivity contribution < 1.29 is 17.9 Å². The molecule has 1 fully saturated rings. The van der Waals surface area contributed by atoms with E-state index in [-0.39, 0.29) is 30.0 Å². The highest BCUT2D eigenvalue weighted by Gasteiger charge is 2.31. The lowest BCUT2D eigenvalue weighted by Gasteiger charge is -2.22. The molecular formula is C17H23N3O4S. The van der Waals surface area contributed by atoms with E-state index in [1.54, 1.807) is 14.2 Å². The van der Waals surface area contributed by atoms with Gasteiger partial charge >= 0.3 is 0 Å². The highest BCUT2D eigenvalue weighted by atomic mass is 32.2. The van der Waals surface area contributed by atoms with Gasteiger partial charge < -0.3 is 15.0 Å². The van der Waals surface area contributed by atoms with E-state index >= 15 is 0 Å². The molecule has 1 atom stereocenters. The van der Waals surface area contributed by atoms with Crippen molar-refractivity contribution in [3.05, 3.63) is 30.0 Å². The fourth-order valence-electron chi connectivity index (χ4n) is 3.12. The Labute approximate surface area is 147 Å². The minimum atomic E-state index is -2.94. The van der Waals surface area contributed by atoms with E-state index in [0.29, 0.717) is 13.0 Å². The van der Waals surface area contributed by atoms with Crippen LogP contribution < -0.4 is 10.1 Å². The average Bonchev–Trinajstić information content (AvgIpc) is 3.14. The van der Waals surface area contributed by atoms with Crippen molar-refractivity contribution in [3.8, 4) is 5.75 Å². The lowest BCUT2D eigenvalue weighted by atomic mass is 10.2. The Morgan fingerprint density at radius 2 is 2.20 bits per heavy atom. The standard InChI is InChI=1S/C17H23N3O4S/c1-20(14-5-6-25(22,23)11-14)10-17(21)18-9-13-7-12-8-15(24-2)3-4-16(12)19-13/h3-4,7-8,14,19H,5-6,9-11H2,1-2H3,(H,18,21). The van der Waals surface area contributed by atoms with E-state index in [4.69, 9.17) is 4.74 Å². The predicted octanol–water partition coefficient (Wildman–Crippen LogP) is 0.912. The van der Waals surface area contributed by atoms with Gasteiger partial charge in [-0.15, -0.1) is 0 Å². The van der Waals surface area contributed by atoms with E-state index in [1.165, 1.54) is 0 Å². The molecule has 8 heteroatoms. The maximum absolute atomic E-state index is 12.1. The largest absolute Gasteiger partial charge is 0.497 e. The number of ether oxygens (including phenoxy) is 1. The average molecular weight is 365 g/mol. The number of benzene rings is 1. The molecule has 1 aliphatic rings. The molecule has 1 amide bonds. The number of sulfone groups is 1. The first-order chi connectivity index (χ1) is 11.9. The molecular weight excluding hydrogens is 342 g/mol. The van der Waals surface area contributed by atoms with Gasteiger partial charge in [0.05, 0.1) is 31.7 Å². The number of aromatic amines is 1. The summed E-state index contributed by atoms with van der Waals surface area (Å²) in [5, 5.41) is 3.90. The third-order valence-corrected chi connectivity index (χ3v) is 6.33. The summed E-state index contributed by atoms with van der Waals surface area (Å²) in [6.45, 7) is 0.584. The van der Waals surface area contributed by atoms with Gasteiger partial charge in [-0.05, 0) is 37.7 Å². The number of carbonyl (C=O) groups is 1. The van der Waals surface area contributed by atoms with Crippen LogP contribution in [-0.2, 0) is 21.2 Å². The molecule has 2 N–H and O–H groups in total. The second-order valence-electron chi connectivity index (χ2n) is 6.50. The maximum atomic E-state index is 12.1. The van der Waals surface area contributed by atoms with Crippen molar-refractivity contribution in [2.24, 2.45) is 0 Å². The predicted molar refractivity (Wildman–Crippen MR) is 96.4 cm³/mol. The van der Waals surface area contributed by atoms with Gasteiger partial charge in [-0.2, -0.15) is 0 Å². The Morgan fingerprint density at radius 3 is 2.88 bits per heavy atom. The van der Waals surface area contributed by atoms with Crippen LogP contribution in [0, 0.1) is 0 Å². The molecule has 136 valence electrons. The molecule has 1 aromatic carbocycles. The number of methoxy groups -OCH3 is 1. The van der Waals surface area contributed by atoms with Gasteiger partial charge in [0.2, 0.25) is 5.91 Å². The Hall–Kier alpha value is -2.06. The first-order valence-corrected chi connectivity index (χ1v) is 10.0. The number of nitrogens with zero attached hydrogens (tertiary/aromatic N) is 1. The topological polar surface area (TPSA) is 91.5 Å². The Kier molecular flexibility index (Phi) is 5.01. The third-order valence-electron chi connectivity index (χ3n) is 4.58. The lowest BCUT2D eigenvalue weighted by molar-refractivity contribution is -0.122. The summed E-state index contributed by atoms with van der Waals surface area (Å²) in [4.78, 5) is 17.2. The van der Waals surface area contributed by atoms with Gasteiger partial charge in [0.25, 0.3) is 0 Å². The molecule has 1 unspecified atom stereocenters. The first kappa shape index (κ1) is 17.8. The third kappa shape index (κ3) is 4.32. The molecule has 25 heavy (non-hydrogen) atoms. The fourth-order valence-corrected chi connectivity index (χ4v) is 4.93. The molecule has 0 radical (unpaired) electrons. The highest BCUT2D eigenvalue weighted by Crippen LogP contribution is 2.21. The molecule has 1 aliphatic heterocycles. The Morgan fingerprint density at radius 1 is 1.40 bits per heavy atom. The summed E-state index contributed by atoms with van der Waals surface area (Å²) in [5.41, 5.74) is 1.89. The summed E-state index contributed by atoms with van der Waals surface area (Å²) in [7, 11) is 0.477. The van der Waals surface area contributed by atoms with Gasteiger partial charge in [0.1, 0.15) is 5.75 Å². The van der Waals surface area contributed by atoms with Crippen molar-refractivity contribution in [2.75, 3.05) is 32.2 Å². The number of fused-ring (bicyclic) bond motifs is 1. The second kappa shape index (κ2) is 7.05. The van der Waals surface area contributed by atoms with Gasteiger partial charge in [-0.1, -0.05) is 0 Å². The SMILES string of the molecule is COc1ccc2[nH]c(CNC(=O)CN(C)C3CCS(=O)(=O)C3)cc2c1. The van der Waals surface area contributed by atoms with Crippen LogP contribution in [0.4, 0.5) is 0 Å². The normalized spacial score (nSPS) is 19.4. The lowest BCUT2D eigenvalue weighted by Crippen LogP contribution is -2.41. The maximum Gasteiger partial charge on any atom is 0.234 e. The monoisotopic (exact) mass is 365 g/mol. The smallest absolute Gasteiger partial charge is 0.234 e. The van der Waals surface area contributed by atoms with Gasteiger partial charge in [0.15, 0.2) is 9.84 Å². The molecule has 0 aliphatic carbocycles. The zero-order valence-electron chi connectivity index (χ0n) is 14.4. The molecule has 0 saturated carbocycles. The molecule has 0 spiro atoms. The van der Waals surface area contributed by atoms with Crippen LogP contribution in [0.15, 0.2) is 24.3 Å². The van der Waals surface area contributed by atoms with Crippen LogP contribution in [0.5, 0.6) is 5.75 Å². The number of rotatable bonds is 6. The second-order valence-corrected chi connectivity index (χ2v) is 8.73. The number of hydrogen-bond donors (Lipinski definition) is 2. The minimum Gasteiger partial charge on any atom is -0.497 e. The molecule has 3 rings (SSSR count). The number of aromatic nitrogens is 1. The summed E-state index contributed by atoms with van der Waals surface area (Å²) in [5.74, 6) is 1.02. The zero-order chi connectivity index (χ0) is 18.0. The van der Waals surface area contributed by atoms with Crippen molar-refractivity contribution in [2.45, 2.75) is 19.0 Å². The van der Waals surface area contributed by atoms with E-state index in [0.717, 1.165) is 22.3 Å². The fraction of sp³-hybridized carbons (Fsp3) is 0.471. The Bertz CT molecular complexity index is 875.